The van der Waals surface area contributed by atoms with Crippen LogP contribution in [0.3, 0.4) is 0 Å². The molecule has 118 valence electrons. The Hall–Kier alpha value is -0.410. The van der Waals surface area contributed by atoms with Crippen molar-refractivity contribution >= 4 is 15.9 Å². The first-order chi connectivity index (χ1) is 10.1. The van der Waals surface area contributed by atoms with E-state index < -0.39 is 0 Å². The van der Waals surface area contributed by atoms with Crippen LogP contribution in [0.1, 0.15) is 51.0 Å². The summed E-state index contributed by atoms with van der Waals surface area (Å²) in [5.74, 6) is 1.52. The van der Waals surface area contributed by atoms with Gasteiger partial charge in [0.05, 0.1) is 0 Å². The Morgan fingerprint density at radius 2 is 2.00 bits per heavy atom. The van der Waals surface area contributed by atoms with E-state index in [-0.39, 0.29) is 5.82 Å². The third-order valence-corrected chi connectivity index (χ3v) is 5.48. The van der Waals surface area contributed by atoms with Crippen LogP contribution < -0.4 is 5.32 Å². The summed E-state index contributed by atoms with van der Waals surface area (Å²) in [4.78, 5) is 0. The fourth-order valence-corrected chi connectivity index (χ4v) is 4.05. The molecule has 1 atom stereocenters. The highest BCUT2D eigenvalue weighted by Crippen LogP contribution is 2.34. The minimum absolute atomic E-state index is 0.0932. The molecule has 1 saturated carbocycles. The Morgan fingerprint density at radius 1 is 1.29 bits per heavy atom. The summed E-state index contributed by atoms with van der Waals surface area (Å²) in [7, 11) is 2.01. The minimum Gasteiger partial charge on any atom is -0.316 e. The Morgan fingerprint density at radius 3 is 2.57 bits per heavy atom. The van der Waals surface area contributed by atoms with E-state index in [4.69, 9.17) is 0 Å². The number of benzene rings is 1. The van der Waals surface area contributed by atoms with Crippen molar-refractivity contribution in [2.75, 3.05) is 7.05 Å². The summed E-state index contributed by atoms with van der Waals surface area (Å²) in [6.07, 6.45) is 8.73. The Kier molecular flexibility index (Phi) is 6.69. The molecule has 0 amide bonds. The van der Waals surface area contributed by atoms with Gasteiger partial charge in [0.2, 0.25) is 0 Å². The number of hydrogen-bond acceptors (Lipinski definition) is 1. The fraction of sp³-hybridized carbons (Fsp3) is 0.667. The summed E-state index contributed by atoms with van der Waals surface area (Å²) in [6.45, 7) is 2.28. The van der Waals surface area contributed by atoms with E-state index in [0.29, 0.717) is 12.0 Å². The topological polar surface area (TPSA) is 12.0 Å². The maximum absolute atomic E-state index is 14.0. The predicted octanol–water partition coefficient (Wildman–Crippen LogP) is 5.33. The molecule has 0 saturated heterocycles. The summed E-state index contributed by atoms with van der Waals surface area (Å²) in [6, 6.07) is 5.80. The molecule has 0 heterocycles. The zero-order valence-corrected chi connectivity index (χ0v) is 14.8. The highest BCUT2D eigenvalue weighted by Gasteiger charge is 2.27. The largest absolute Gasteiger partial charge is 0.316 e. The lowest BCUT2D eigenvalue weighted by Gasteiger charge is -2.34. The first-order valence-corrected chi connectivity index (χ1v) is 9.04. The van der Waals surface area contributed by atoms with Crippen molar-refractivity contribution in [1.82, 2.24) is 5.32 Å². The summed E-state index contributed by atoms with van der Waals surface area (Å²) in [5, 5.41) is 3.43. The average molecular weight is 356 g/mol. The third-order valence-electron chi connectivity index (χ3n) is 4.98. The molecule has 1 aliphatic carbocycles. The molecule has 0 bridgehead atoms. The molecule has 1 nitrogen and oxygen atoms in total. The van der Waals surface area contributed by atoms with Gasteiger partial charge in [0.15, 0.2) is 0 Å². The maximum Gasteiger partial charge on any atom is 0.127 e. The molecule has 1 fully saturated rings. The van der Waals surface area contributed by atoms with E-state index >= 15 is 0 Å². The van der Waals surface area contributed by atoms with Crippen molar-refractivity contribution < 1.29 is 4.39 Å². The summed E-state index contributed by atoms with van der Waals surface area (Å²) >= 11 is 3.32. The van der Waals surface area contributed by atoms with E-state index in [0.717, 1.165) is 22.4 Å². The monoisotopic (exact) mass is 355 g/mol. The van der Waals surface area contributed by atoms with E-state index in [9.17, 15) is 4.39 Å². The standard InChI is InChI=1S/C18H27BrFN/c1-3-4-13-5-7-14(8-6-13)18(21-2)11-15-9-10-16(19)12-17(15)20/h9-10,12-14,18,21H,3-8,11H2,1-2H3. The molecule has 1 unspecified atom stereocenters. The molecule has 1 aromatic rings. The Bertz CT molecular complexity index is 441. The molecular weight excluding hydrogens is 329 g/mol. The molecule has 21 heavy (non-hydrogen) atoms. The molecule has 1 aliphatic rings. The van der Waals surface area contributed by atoms with Crippen molar-refractivity contribution in [1.29, 1.82) is 0 Å². The van der Waals surface area contributed by atoms with Crippen LogP contribution >= 0.6 is 15.9 Å². The van der Waals surface area contributed by atoms with Crippen LogP contribution in [-0.2, 0) is 6.42 Å². The minimum atomic E-state index is -0.0932. The molecule has 1 aromatic carbocycles. The molecular formula is C18H27BrFN. The normalized spacial score (nSPS) is 24.0. The Balaban J connectivity index is 1.94. The van der Waals surface area contributed by atoms with Gasteiger partial charge in [-0.15, -0.1) is 0 Å². The van der Waals surface area contributed by atoms with Crippen LogP contribution in [0.2, 0.25) is 0 Å². The van der Waals surface area contributed by atoms with Crippen molar-refractivity contribution in [3.63, 3.8) is 0 Å². The maximum atomic E-state index is 14.0. The molecule has 2 rings (SSSR count). The van der Waals surface area contributed by atoms with Crippen LogP contribution in [0.15, 0.2) is 22.7 Å². The summed E-state index contributed by atoms with van der Waals surface area (Å²) < 4.78 is 14.8. The van der Waals surface area contributed by atoms with E-state index in [1.807, 2.05) is 19.2 Å². The zero-order valence-electron chi connectivity index (χ0n) is 13.2. The fourth-order valence-electron chi connectivity index (χ4n) is 3.72. The van der Waals surface area contributed by atoms with Gasteiger partial charge in [0.25, 0.3) is 0 Å². The van der Waals surface area contributed by atoms with Gasteiger partial charge in [-0.2, -0.15) is 0 Å². The first-order valence-electron chi connectivity index (χ1n) is 8.25. The number of nitrogens with one attached hydrogen (secondary N) is 1. The lowest BCUT2D eigenvalue weighted by molar-refractivity contribution is 0.217. The molecule has 3 heteroatoms. The van der Waals surface area contributed by atoms with Crippen molar-refractivity contribution in [2.45, 2.75) is 57.9 Å². The third kappa shape index (κ3) is 4.79. The van der Waals surface area contributed by atoms with Gasteiger partial charge in [-0.05, 0) is 55.8 Å². The van der Waals surface area contributed by atoms with Gasteiger partial charge < -0.3 is 5.32 Å². The SMILES string of the molecule is CCCC1CCC(C(Cc2ccc(Br)cc2F)NC)CC1. The molecule has 0 radical (unpaired) electrons. The first kappa shape index (κ1) is 17.0. The van der Waals surface area contributed by atoms with Crippen molar-refractivity contribution in [2.24, 2.45) is 11.8 Å². The van der Waals surface area contributed by atoms with Crippen LogP contribution in [0.4, 0.5) is 4.39 Å². The number of rotatable bonds is 6. The number of halogens is 2. The molecule has 0 aliphatic heterocycles. The van der Waals surface area contributed by atoms with Gasteiger partial charge >= 0.3 is 0 Å². The Labute approximate surface area is 136 Å². The van der Waals surface area contributed by atoms with Gasteiger partial charge in [0.1, 0.15) is 5.82 Å². The van der Waals surface area contributed by atoms with Gasteiger partial charge in [0, 0.05) is 10.5 Å². The second kappa shape index (κ2) is 8.28. The van der Waals surface area contributed by atoms with Crippen molar-refractivity contribution in [3.05, 3.63) is 34.1 Å². The van der Waals surface area contributed by atoms with Gasteiger partial charge in [-0.1, -0.05) is 54.6 Å². The van der Waals surface area contributed by atoms with Gasteiger partial charge in [-0.25, -0.2) is 4.39 Å². The van der Waals surface area contributed by atoms with Crippen LogP contribution in [0, 0.1) is 17.7 Å². The van der Waals surface area contributed by atoms with E-state index in [1.54, 1.807) is 6.07 Å². The van der Waals surface area contributed by atoms with E-state index in [2.05, 4.69) is 28.2 Å². The summed E-state index contributed by atoms with van der Waals surface area (Å²) in [5.41, 5.74) is 0.827. The smallest absolute Gasteiger partial charge is 0.127 e. The zero-order chi connectivity index (χ0) is 15.2. The number of hydrogen-bond donors (Lipinski definition) is 1. The molecule has 1 N–H and O–H groups in total. The van der Waals surface area contributed by atoms with E-state index in [1.165, 1.54) is 38.5 Å². The lowest BCUT2D eigenvalue weighted by Crippen LogP contribution is -2.37. The second-order valence-corrected chi connectivity index (χ2v) is 7.32. The second-order valence-electron chi connectivity index (χ2n) is 6.40. The molecule has 0 spiro atoms. The van der Waals surface area contributed by atoms with Crippen LogP contribution in [0.25, 0.3) is 0 Å². The van der Waals surface area contributed by atoms with Gasteiger partial charge in [-0.3, -0.25) is 0 Å². The highest BCUT2D eigenvalue weighted by atomic mass is 79.9. The average Bonchev–Trinajstić information content (AvgIpc) is 2.48. The molecule has 0 aromatic heterocycles. The number of likely N-dealkylation sites (N-methyl/N-ethyl adjacent to an activating group) is 1. The lowest BCUT2D eigenvalue weighted by atomic mass is 9.76. The predicted molar refractivity (Wildman–Crippen MR) is 91.0 cm³/mol. The quantitative estimate of drug-likeness (QED) is 0.727. The van der Waals surface area contributed by atoms with Crippen LogP contribution in [-0.4, -0.2) is 13.1 Å². The van der Waals surface area contributed by atoms with Crippen molar-refractivity contribution in [3.8, 4) is 0 Å². The highest BCUT2D eigenvalue weighted by molar-refractivity contribution is 9.10. The van der Waals surface area contributed by atoms with Crippen LogP contribution in [0.5, 0.6) is 0 Å².